The van der Waals surface area contributed by atoms with Crippen LogP contribution in [0.15, 0.2) is 158 Å². The standard InChI is InChI=1S/C53H52IN7O4/c1-51(2,3)65-50(64)57-52(4,5)34-46(62)55-44-32-30-36-29-31-41(54)33-45(36)56-47(44)48(63)37-27-25-35(26-28-37)42-23-15-16-24-43(42)49-58-59-60-61(49)53(38-17-9-6-10-18-38,39-19-11-7-12-20-39)40-21-13-8-14-22-40/h6-29,31,33,44,47,56H,30,32,34H2,1-5H3,(H,55,62)(H,57,64). The van der Waals surface area contributed by atoms with E-state index in [2.05, 4.69) is 86.2 Å². The monoisotopic (exact) mass is 977 g/mol. The number of tetrazole rings is 1. The molecule has 1 aliphatic rings. The fourth-order valence-electron chi connectivity index (χ4n) is 8.74. The molecule has 3 N–H and O–H groups in total. The van der Waals surface area contributed by atoms with E-state index in [1.807, 2.05) is 120 Å². The Hall–Kier alpha value is -6.67. The molecule has 2 atom stereocenters. The van der Waals surface area contributed by atoms with Gasteiger partial charge in [-0.2, -0.15) is 0 Å². The second-order valence-corrected chi connectivity index (χ2v) is 19.3. The number of carbonyl (C=O) groups excluding carboxylic acids is 3. The van der Waals surface area contributed by atoms with Crippen molar-refractivity contribution in [1.29, 1.82) is 0 Å². The molecule has 2 unspecified atom stereocenters. The minimum Gasteiger partial charge on any atom is -0.444 e. The number of hydrogen-bond acceptors (Lipinski definition) is 8. The van der Waals surface area contributed by atoms with Crippen LogP contribution in [0.1, 0.15) is 80.1 Å². The highest BCUT2D eigenvalue weighted by Crippen LogP contribution is 2.43. The molecule has 2 amide bonds. The molecule has 0 radical (unpaired) electrons. The Kier molecular flexibility index (Phi) is 13.0. The number of ether oxygens (including phenoxy) is 1. The van der Waals surface area contributed by atoms with Crippen molar-refractivity contribution in [3.63, 3.8) is 0 Å². The van der Waals surface area contributed by atoms with E-state index < -0.39 is 34.9 Å². The zero-order valence-electron chi connectivity index (χ0n) is 37.1. The topological polar surface area (TPSA) is 140 Å². The lowest BCUT2D eigenvalue weighted by Gasteiger charge is -2.36. The maximum absolute atomic E-state index is 14.7. The Balaban J connectivity index is 1.12. The van der Waals surface area contributed by atoms with Crippen molar-refractivity contribution in [2.24, 2.45) is 0 Å². The summed E-state index contributed by atoms with van der Waals surface area (Å²) in [4.78, 5) is 41.1. The first kappa shape index (κ1) is 44.9. The van der Waals surface area contributed by atoms with Crippen molar-refractivity contribution in [2.75, 3.05) is 5.32 Å². The third-order valence-corrected chi connectivity index (χ3v) is 12.3. The molecule has 12 heteroatoms. The van der Waals surface area contributed by atoms with Gasteiger partial charge in [0.1, 0.15) is 17.2 Å². The highest BCUT2D eigenvalue weighted by molar-refractivity contribution is 14.1. The molecule has 0 saturated heterocycles. The second kappa shape index (κ2) is 18.8. The molecule has 1 aliphatic heterocycles. The number of ketones is 1. The first-order valence-electron chi connectivity index (χ1n) is 21.8. The van der Waals surface area contributed by atoms with E-state index in [9.17, 15) is 14.4 Å². The predicted molar refractivity (Wildman–Crippen MR) is 263 cm³/mol. The van der Waals surface area contributed by atoms with Crippen LogP contribution in [0.4, 0.5) is 10.5 Å². The van der Waals surface area contributed by atoms with E-state index in [-0.39, 0.29) is 18.1 Å². The van der Waals surface area contributed by atoms with Gasteiger partial charge in [-0.1, -0.05) is 146 Å². The molecule has 0 bridgehead atoms. The summed E-state index contributed by atoms with van der Waals surface area (Å²) in [5.74, 6) is 0.118. The molecular weight excluding hydrogens is 926 g/mol. The van der Waals surface area contributed by atoms with Gasteiger partial charge in [-0.3, -0.25) is 9.59 Å². The molecule has 65 heavy (non-hydrogen) atoms. The summed E-state index contributed by atoms with van der Waals surface area (Å²) in [6.45, 7) is 8.91. The molecule has 1 aromatic heterocycles. The van der Waals surface area contributed by atoms with Gasteiger partial charge in [-0.05, 0) is 126 Å². The summed E-state index contributed by atoms with van der Waals surface area (Å²) in [5.41, 5.74) is 5.42. The van der Waals surface area contributed by atoms with E-state index in [0.717, 1.165) is 48.2 Å². The van der Waals surface area contributed by atoms with Crippen molar-refractivity contribution >= 4 is 46.1 Å². The number of aryl methyl sites for hydroxylation is 1. The summed E-state index contributed by atoms with van der Waals surface area (Å²) >= 11 is 2.27. The van der Waals surface area contributed by atoms with E-state index in [1.54, 1.807) is 34.6 Å². The number of alkyl carbamates (subject to hydrolysis) is 1. The number of rotatable bonds is 12. The number of halogens is 1. The predicted octanol–water partition coefficient (Wildman–Crippen LogP) is 10.2. The van der Waals surface area contributed by atoms with Gasteiger partial charge in [0.05, 0.1) is 6.04 Å². The second-order valence-electron chi connectivity index (χ2n) is 18.0. The molecule has 7 aromatic rings. The third kappa shape index (κ3) is 9.87. The molecular formula is C53H52IN7O4. The van der Waals surface area contributed by atoms with Crippen LogP contribution < -0.4 is 16.0 Å². The number of aromatic nitrogens is 4. The van der Waals surface area contributed by atoms with Crippen LogP contribution in [-0.2, 0) is 21.5 Å². The maximum atomic E-state index is 14.7. The lowest BCUT2D eigenvalue weighted by atomic mass is 9.77. The summed E-state index contributed by atoms with van der Waals surface area (Å²) < 4.78 is 8.40. The summed E-state index contributed by atoms with van der Waals surface area (Å²) in [7, 11) is 0. The van der Waals surface area contributed by atoms with Crippen LogP contribution in [0.5, 0.6) is 0 Å². The van der Waals surface area contributed by atoms with Crippen molar-refractivity contribution in [3.8, 4) is 22.5 Å². The Labute approximate surface area is 393 Å². The molecule has 0 saturated carbocycles. The van der Waals surface area contributed by atoms with Crippen LogP contribution in [0.25, 0.3) is 22.5 Å². The van der Waals surface area contributed by atoms with E-state index in [1.165, 1.54) is 0 Å². The minimum atomic E-state index is -0.940. The third-order valence-electron chi connectivity index (χ3n) is 11.6. The van der Waals surface area contributed by atoms with Gasteiger partial charge in [0, 0.05) is 32.3 Å². The van der Waals surface area contributed by atoms with Crippen LogP contribution in [0.3, 0.4) is 0 Å². The van der Waals surface area contributed by atoms with Crippen LogP contribution >= 0.6 is 22.6 Å². The smallest absolute Gasteiger partial charge is 0.408 e. The number of amides is 2. The van der Waals surface area contributed by atoms with Crippen molar-refractivity contribution in [1.82, 2.24) is 30.8 Å². The van der Waals surface area contributed by atoms with E-state index >= 15 is 0 Å². The number of fused-ring (bicyclic) bond motifs is 1. The van der Waals surface area contributed by atoms with Gasteiger partial charge in [-0.15, -0.1) is 5.10 Å². The average Bonchev–Trinajstić information content (AvgIpc) is 3.70. The Bertz CT molecular complexity index is 2690. The van der Waals surface area contributed by atoms with Crippen molar-refractivity contribution in [2.45, 2.75) is 82.6 Å². The average molecular weight is 978 g/mol. The highest BCUT2D eigenvalue weighted by atomic mass is 127. The number of hydrogen-bond donors (Lipinski definition) is 3. The Morgan fingerprint density at radius 3 is 1.89 bits per heavy atom. The number of benzene rings is 6. The zero-order chi connectivity index (χ0) is 45.8. The SMILES string of the molecule is CC(C)(CC(=O)NC1CCc2ccc(I)cc2NC1C(=O)c1ccc(-c2ccccc2-c2nnnn2C(c2ccccc2)(c2ccccc2)c2ccccc2)cc1)NC(=O)OC(C)(C)C. The van der Waals surface area contributed by atoms with Crippen LogP contribution in [0, 0.1) is 3.57 Å². The first-order valence-corrected chi connectivity index (χ1v) is 22.8. The largest absolute Gasteiger partial charge is 0.444 e. The molecule has 330 valence electrons. The van der Waals surface area contributed by atoms with Crippen LogP contribution in [0.2, 0.25) is 0 Å². The Morgan fingerprint density at radius 2 is 1.31 bits per heavy atom. The van der Waals surface area contributed by atoms with E-state index in [0.29, 0.717) is 24.2 Å². The number of Topliss-reactive ketones (excluding diaryl/α,β-unsaturated/α-hetero) is 1. The normalized spacial score (nSPS) is 15.2. The lowest BCUT2D eigenvalue weighted by Crippen LogP contribution is -2.53. The van der Waals surface area contributed by atoms with Gasteiger partial charge in [-0.25, -0.2) is 9.48 Å². The van der Waals surface area contributed by atoms with Gasteiger partial charge < -0.3 is 20.7 Å². The maximum Gasteiger partial charge on any atom is 0.408 e. The molecule has 0 aliphatic carbocycles. The number of nitrogens with zero attached hydrogens (tertiary/aromatic N) is 4. The molecule has 2 heterocycles. The van der Waals surface area contributed by atoms with Gasteiger partial charge >= 0.3 is 6.09 Å². The van der Waals surface area contributed by atoms with Gasteiger partial charge in [0.15, 0.2) is 11.6 Å². The lowest BCUT2D eigenvalue weighted by molar-refractivity contribution is -0.123. The molecule has 0 spiro atoms. The van der Waals surface area contributed by atoms with Gasteiger partial charge in [0.25, 0.3) is 0 Å². The van der Waals surface area contributed by atoms with Crippen LogP contribution in [-0.4, -0.2) is 61.2 Å². The fraction of sp³-hybridized carbons (Fsp3) is 0.245. The quantitative estimate of drug-likeness (QED) is 0.0625. The van der Waals surface area contributed by atoms with E-state index in [4.69, 9.17) is 15.0 Å². The number of anilines is 1. The zero-order valence-corrected chi connectivity index (χ0v) is 39.2. The number of carbonyl (C=O) groups is 3. The molecule has 11 nitrogen and oxygen atoms in total. The van der Waals surface area contributed by atoms with Crippen molar-refractivity contribution < 1.29 is 19.1 Å². The minimum absolute atomic E-state index is 0.0188. The summed E-state index contributed by atoms with van der Waals surface area (Å²) in [6.07, 6.45) is 0.561. The molecule has 0 fully saturated rings. The van der Waals surface area contributed by atoms with Crippen molar-refractivity contribution in [3.05, 3.63) is 189 Å². The first-order chi connectivity index (χ1) is 31.2. The molecule has 6 aromatic carbocycles. The highest BCUT2D eigenvalue weighted by Gasteiger charge is 2.42. The number of nitrogens with one attached hydrogen (secondary N) is 3. The summed E-state index contributed by atoms with van der Waals surface area (Å²) in [6, 6.07) is 51.3. The molecule has 8 rings (SSSR count). The van der Waals surface area contributed by atoms with Gasteiger partial charge in [0.2, 0.25) is 5.91 Å². The Morgan fingerprint density at radius 1 is 0.738 bits per heavy atom. The summed E-state index contributed by atoms with van der Waals surface area (Å²) in [5, 5.41) is 23.3. The fourth-order valence-corrected chi connectivity index (χ4v) is 9.23.